The Kier molecular flexibility index (Phi) is 9.66. The average molecular weight is 1160 g/mol. The Hall–Kier alpha value is -10.1. The number of para-hydroxylation sites is 2. The van der Waals surface area contributed by atoms with Crippen molar-refractivity contribution < 1.29 is 0 Å². The highest BCUT2D eigenvalue weighted by atomic mass is 32.1. The van der Waals surface area contributed by atoms with Gasteiger partial charge in [0.15, 0.2) is 0 Å². The van der Waals surface area contributed by atoms with Crippen LogP contribution in [0.25, 0.3) is 137 Å². The number of anilines is 6. The van der Waals surface area contributed by atoms with Crippen LogP contribution in [-0.4, -0.2) is 0 Å². The summed E-state index contributed by atoms with van der Waals surface area (Å²) in [6, 6.07) is 97.6. The molecule has 2 aliphatic heterocycles. The van der Waals surface area contributed by atoms with Gasteiger partial charge in [0.2, 0.25) is 0 Å². The van der Waals surface area contributed by atoms with Crippen molar-refractivity contribution in [2.24, 2.45) is 0 Å². The molecular formula is C84H54N2S2. The summed E-state index contributed by atoms with van der Waals surface area (Å²) < 4.78 is 5.25. The number of hydrogen-bond donors (Lipinski definition) is 0. The molecule has 4 heteroatoms. The molecule has 0 spiro atoms. The summed E-state index contributed by atoms with van der Waals surface area (Å²) in [6.45, 7) is 9.68. The van der Waals surface area contributed by atoms with Gasteiger partial charge in [-0.25, -0.2) is 0 Å². The largest absolute Gasteiger partial charge is 0.310 e. The van der Waals surface area contributed by atoms with Gasteiger partial charge in [0.1, 0.15) is 0 Å². The number of fused-ring (bicyclic) bond motifs is 28. The smallest absolute Gasteiger partial charge is 0.0517 e. The standard InChI is InChI=1S/C84H54N2S2/c1-83(2)71-29-15-17-31-75(71)85(77-45-81-69(41-73(77)83)67-39-63-53-23-9-5-19-49(53)51-21-7-11-25-55(51)65(63)43-79(67)87-81)47-33-35-59-60-36-34-48(38-62(60)58-28-14-13-27-57(58)61(59)37-47)86-76-32-18-16-30-72(76)84(3,4)74-42-70-68-40-64-54-24-10-6-20-50(54)52-22-8-12-26-56(52)66(64)44-80(68)88-82(70)46-78(74)86/h5-46H,1-4H3. The second-order valence-electron chi connectivity index (χ2n) is 25.9. The van der Waals surface area contributed by atoms with E-state index < -0.39 is 0 Å². The van der Waals surface area contributed by atoms with Gasteiger partial charge in [0, 0.05) is 62.5 Å². The summed E-state index contributed by atoms with van der Waals surface area (Å²) in [7, 11) is 0. The molecule has 0 aliphatic carbocycles. The van der Waals surface area contributed by atoms with E-state index in [1.54, 1.807) is 0 Å². The Balaban J connectivity index is 0.761. The first-order chi connectivity index (χ1) is 43.1. The maximum absolute atomic E-state index is 2.56. The van der Waals surface area contributed by atoms with Crippen molar-refractivity contribution in [1.82, 2.24) is 0 Å². The van der Waals surface area contributed by atoms with Gasteiger partial charge in [-0.15, -0.1) is 22.7 Å². The van der Waals surface area contributed by atoms with Crippen LogP contribution < -0.4 is 9.80 Å². The molecule has 0 bridgehead atoms. The van der Waals surface area contributed by atoms with Crippen molar-refractivity contribution in [2.45, 2.75) is 38.5 Å². The monoisotopic (exact) mass is 1150 g/mol. The summed E-state index contributed by atoms with van der Waals surface area (Å²) in [5.41, 5.74) is 12.1. The van der Waals surface area contributed by atoms with Crippen molar-refractivity contribution in [1.29, 1.82) is 0 Å². The fourth-order valence-corrected chi connectivity index (χ4v) is 18.8. The molecule has 20 rings (SSSR count). The van der Waals surface area contributed by atoms with Gasteiger partial charge in [-0.2, -0.15) is 0 Å². The van der Waals surface area contributed by atoms with Crippen molar-refractivity contribution in [3.05, 3.63) is 277 Å². The highest BCUT2D eigenvalue weighted by Crippen LogP contribution is 2.58. The van der Waals surface area contributed by atoms with E-state index in [0.717, 1.165) is 11.4 Å². The minimum Gasteiger partial charge on any atom is -0.310 e. The maximum Gasteiger partial charge on any atom is 0.0517 e. The van der Waals surface area contributed by atoms with Crippen LogP contribution in [-0.2, 0) is 10.8 Å². The topological polar surface area (TPSA) is 6.48 Å². The van der Waals surface area contributed by atoms with Crippen LogP contribution in [0.4, 0.5) is 34.1 Å². The second-order valence-corrected chi connectivity index (χ2v) is 28.0. The van der Waals surface area contributed by atoms with Crippen LogP contribution in [0.2, 0.25) is 0 Å². The van der Waals surface area contributed by atoms with Crippen LogP contribution >= 0.6 is 22.7 Å². The van der Waals surface area contributed by atoms with Crippen molar-refractivity contribution >= 4 is 194 Å². The summed E-state index contributed by atoms with van der Waals surface area (Å²) in [5, 5.41) is 28.5. The van der Waals surface area contributed by atoms with Crippen molar-refractivity contribution in [2.75, 3.05) is 9.80 Å². The van der Waals surface area contributed by atoms with Crippen LogP contribution in [0.15, 0.2) is 255 Å². The van der Waals surface area contributed by atoms with E-state index in [1.165, 1.54) is 182 Å². The normalized spacial score (nSPS) is 14.5. The summed E-state index contributed by atoms with van der Waals surface area (Å²) in [6.07, 6.45) is 0. The lowest BCUT2D eigenvalue weighted by molar-refractivity contribution is 0.633. The van der Waals surface area contributed by atoms with E-state index in [4.69, 9.17) is 0 Å². The van der Waals surface area contributed by atoms with Gasteiger partial charge in [0.25, 0.3) is 0 Å². The first kappa shape index (κ1) is 49.1. The van der Waals surface area contributed by atoms with Crippen molar-refractivity contribution in [3.8, 4) is 0 Å². The van der Waals surface area contributed by atoms with Gasteiger partial charge >= 0.3 is 0 Å². The Morgan fingerprint density at radius 2 is 0.466 bits per heavy atom. The number of nitrogens with zero attached hydrogens (tertiary/aromatic N) is 2. The molecule has 0 fully saturated rings. The molecule has 2 aromatic heterocycles. The Bertz CT molecular complexity index is 5820. The molecule has 2 nitrogen and oxygen atoms in total. The van der Waals surface area contributed by atoms with Gasteiger partial charge in [-0.3, -0.25) is 0 Å². The molecule has 0 atom stereocenters. The third-order valence-electron chi connectivity index (χ3n) is 20.7. The molecular weight excluding hydrogens is 1100 g/mol. The van der Waals surface area contributed by atoms with E-state index in [0.29, 0.717) is 0 Å². The zero-order valence-corrected chi connectivity index (χ0v) is 50.6. The molecule has 18 aromatic rings. The molecule has 16 aromatic carbocycles. The zero-order chi connectivity index (χ0) is 58.1. The first-order valence-electron chi connectivity index (χ1n) is 30.8. The van der Waals surface area contributed by atoms with Crippen LogP contribution in [0.5, 0.6) is 0 Å². The predicted molar refractivity (Wildman–Crippen MR) is 383 cm³/mol. The van der Waals surface area contributed by atoms with Gasteiger partial charge in [0.05, 0.1) is 22.7 Å². The predicted octanol–water partition coefficient (Wildman–Crippen LogP) is 25.0. The third-order valence-corrected chi connectivity index (χ3v) is 22.9. The molecule has 0 amide bonds. The Labute approximate surface area is 515 Å². The molecule has 88 heavy (non-hydrogen) atoms. The maximum atomic E-state index is 2.56. The van der Waals surface area contributed by atoms with E-state index in [1.807, 2.05) is 22.7 Å². The summed E-state index contributed by atoms with van der Waals surface area (Å²) in [5.74, 6) is 0. The lowest BCUT2D eigenvalue weighted by Gasteiger charge is -2.42. The van der Waals surface area contributed by atoms with Crippen LogP contribution in [0.3, 0.4) is 0 Å². The zero-order valence-electron chi connectivity index (χ0n) is 49.0. The van der Waals surface area contributed by atoms with E-state index >= 15 is 0 Å². The molecule has 0 saturated carbocycles. The number of thiophene rings is 2. The van der Waals surface area contributed by atoms with Crippen LogP contribution in [0, 0.1) is 0 Å². The number of rotatable bonds is 2. The molecule has 4 heterocycles. The lowest BCUT2D eigenvalue weighted by Crippen LogP contribution is -2.30. The lowest BCUT2D eigenvalue weighted by atomic mass is 9.73. The average Bonchev–Trinajstić information content (AvgIpc) is 1.28. The number of hydrogen-bond acceptors (Lipinski definition) is 4. The van der Waals surface area contributed by atoms with Gasteiger partial charge in [-0.1, -0.05) is 198 Å². The fourth-order valence-electron chi connectivity index (χ4n) is 16.5. The van der Waals surface area contributed by atoms with Gasteiger partial charge < -0.3 is 9.80 Å². The van der Waals surface area contributed by atoms with E-state index in [2.05, 4.69) is 292 Å². The Morgan fingerprint density at radius 1 is 0.205 bits per heavy atom. The minimum absolute atomic E-state index is 0.252. The van der Waals surface area contributed by atoms with Gasteiger partial charge in [-0.05, 0) is 204 Å². The molecule has 412 valence electrons. The van der Waals surface area contributed by atoms with Crippen LogP contribution in [0.1, 0.15) is 49.9 Å². The molecule has 2 aliphatic rings. The van der Waals surface area contributed by atoms with E-state index in [9.17, 15) is 0 Å². The van der Waals surface area contributed by atoms with Crippen molar-refractivity contribution in [3.63, 3.8) is 0 Å². The molecule has 0 N–H and O–H groups in total. The molecule has 0 unspecified atom stereocenters. The second kappa shape index (κ2) is 17.3. The Morgan fingerprint density at radius 3 is 0.818 bits per heavy atom. The summed E-state index contributed by atoms with van der Waals surface area (Å²) in [4.78, 5) is 5.12. The quantitative estimate of drug-likeness (QED) is 0.159. The summed E-state index contributed by atoms with van der Waals surface area (Å²) >= 11 is 3.85. The first-order valence-corrected chi connectivity index (χ1v) is 32.4. The SMILES string of the molecule is CC1(C)c2ccccc2N(c2ccc3c4ccc(N5c6ccccc6C(C)(C)c6cc7c(cc65)sc5cc6c8ccccc8c8ccccc8c6cc57)cc4c4ccccc4c3c2)c2cc3sc4cc5c6ccccc6c6ccccc6c5cc4c3cc21. The molecule has 0 saturated heterocycles. The fraction of sp³-hybridized carbons (Fsp3) is 0.0714. The highest BCUT2D eigenvalue weighted by molar-refractivity contribution is 7.26. The third kappa shape index (κ3) is 6.45. The number of benzene rings is 16. The molecule has 0 radical (unpaired) electrons. The minimum atomic E-state index is -0.252. The van der Waals surface area contributed by atoms with E-state index in [-0.39, 0.29) is 10.8 Å². The highest BCUT2D eigenvalue weighted by Gasteiger charge is 2.40.